The van der Waals surface area contributed by atoms with E-state index in [4.69, 9.17) is 17.3 Å². The minimum absolute atomic E-state index is 0.0521. The van der Waals surface area contributed by atoms with Crippen LogP contribution in [-0.2, 0) is 19.4 Å². The van der Waals surface area contributed by atoms with Crippen LogP contribution in [-0.4, -0.2) is 28.3 Å². The van der Waals surface area contributed by atoms with E-state index in [1.807, 2.05) is 28.9 Å². The highest BCUT2D eigenvalue weighted by Crippen LogP contribution is 2.38. The van der Waals surface area contributed by atoms with Crippen molar-refractivity contribution in [1.29, 1.82) is 0 Å². The van der Waals surface area contributed by atoms with Gasteiger partial charge >= 0.3 is 0 Å². The lowest BCUT2D eigenvalue weighted by Crippen LogP contribution is -2.40. The third kappa shape index (κ3) is 3.99. The van der Waals surface area contributed by atoms with Gasteiger partial charge < -0.3 is 11.1 Å². The molecule has 1 aliphatic heterocycles. The van der Waals surface area contributed by atoms with Crippen LogP contribution in [0, 0.1) is 0 Å². The van der Waals surface area contributed by atoms with E-state index in [1.165, 1.54) is 10.4 Å². The smallest absolute Gasteiger partial charge is 0.261 e. The summed E-state index contributed by atoms with van der Waals surface area (Å²) in [5, 5.41) is 8.09. The van der Waals surface area contributed by atoms with Crippen molar-refractivity contribution in [2.24, 2.45) is 5.73 Å². The van der Waals surface area contributed by atoms with Crippen molar-refractivity contribution >= 4 is 28.8 Å². The summed E-state index contributed by atoms with van der Waals surface area (Å²) in [6.07, 6.45) is 5.30. The number of nitrogens with zero attached hydrogens (tertiary/aromatic N) is 2. The van der Waals surface area contributed by atoms with E-state index in [9.17, 15) is 4.79 Å². The Morgan fingerprint density at radius 2 is 2.18 bits per heavy atom. The molecule has 0 saturated carbocycles. The number of nitrogens with one attached hydrogen (secondary N) is 1. The predicted molar refractivity (Wildman–Crippen MR) is 114 cm³/mol. The fourth-order valence-electron chi connectivity index (χ4n) is 3.61. The van der Waals surface area contributed by atoms with Crippen LogP contribution in [0.15, 0.2) is 42.6 Å². The van der Waals surface area contributed by atoms with E-state index >= 15 is 0 Å². The molecule has 3 N–H and O–H groups in total. The maximum Gasteiger partial charge on any atom is 0.261 e. The zero-order chi connectivity index (χ0) is 19.5. The molecule has 1 aliphatic rings. The van der Waals surface area contributed by atoms with Gasteiger partial charge in [0.15, 0.2) is 0 Å². The standard InChI is InChI=1S/C21H23ClN4OS/c22-17-13-24-26-10-4-7-18-16(20(17)26)11-19(28-18)21(27)25-15(12-23)9-8-14-5-2-1-3-6-14/h1-3,5-6,11,13,15H,4,7-10,12,23H2,(H,25,27). The van der Waals surface area contributed by atoms with E-state index in [0.717, 1.165) is 43.5 Å². The summed E-state index contributed by atoms with van der Waals surface area (Å²) < 4.78 is 1.94. The van der Waals surface area contributed by atoms with Crippen LogP contribution in [0.1, 0.15) is 33.0 Å². The number of benzene rings is 1. The van der Waals surface area contributed by atoms with Crippen LogP contribution in [0.5, 0.6) is 0 Å². The van der Waals surface area contributed by atoms with Gasteiger partial charge in [0.1, 0.15) is 0 Å². The lowest BCUT2D eigenvalue weighted by atomic mass is 10.1. The monoisotopic (exact) mass is 414 g/mol. The molecular formula is C21H23ClN4OS. The number of aromatic nitrogens is 2. The summed E-state index contributed by atoms with van der Waals surface area (Å²) in [4.78, 5) is 14.7. The molecule has 0 aliphatic carbocycles. The summed E-state index contributed by atoms with van der Waals surface area (Å²) in [5.41, 5.74) is 9.11. The first-order valence-corrected chi connectivity index (χ1v) is 10.7. The number of amides is 1. The molecular weight excluding hydrogens is 392 g/mol. The Balaban J connectivity index is 1.48. The molecule has 4 rings (SSSR count). The maximum absolute atomic E-state index is 12.9. The van der Waals surface area contributed by atoms with Crippen LogP contribution in [0.2, 0.25) is 5.02 Å². The summed E-state index contributed by atoms with van der Waals surface area (Å²) in [5.74, 6) is -0.0660. The Bertz CT molecular complexity index is 966. The molecule has 3 heterocycles. The van der Waals surface area contributed by atoms with Gasteiger partial charge in [0.05, 0.1) is 21.8 Å². The molecule has 146 valence electrons. The average Bonchev–Trinajstić information content (AvgIpc) is 3.24. The Kier molecular flexibility index (Phi) is 5.80. The van der Waals surface area contributed by atoms with E-state index in [-0.39, 0.29) is 11.9 Å². The van der Waals surface area contributed by atoms with Crippen molar-refractivity contribution in [2.75, 3.05) is 6.54 Å². The number of carbonyl (C=O) groups is 1. The molecule has 0 fully saturated rings. The molecule has 0 spiro atoms. The summed E-state index contributed by atoms with van der Waals surface area (Å²) in [6, 6.07) is 12.1. The summed E-state index contributed by atoms with van der Waals surface area (Å²) in [6.45, 7) is 1.27. The molecule has 1 atom stereocenters. The number of halogens is 1. The Hall–Kier alpha value is -2.15. The first kappa shape index (κ1) is 19.2. The third-order valence-corrected chi connectivity index (χ3v) is 6.57. The van der Waals surface area contributed by atoms with Gasteiger partial charge in [0.2, 0.25) is 0 Å². The maximum atomic E-state index is 12.9. The fraction of sp³-hybridized carbons (Fsp3) is 0.333. The lowest BCUT2D eigenvalue weighted by Gasteiger charge is -2.16. The van der Waals surface area contributed by atoms with E-state index < -0.39 is 0 Å². The van der Waals surface area contributed by atoms with Gasteiger partial charge in [-0.05, 0) is 37.3 Å². The highest BCUT2D eigenvalue weighted by molar-refractivity contribution is 7.14. The lowest BCUT2D eigenvalue weighted by molar-refractivity contribution is 0.0940. The summed E-state index contributed by atoms with van der Waals surface area (Å²) in [7, 11) is 0. The van der Waals surface area contributed by atoms with Gasteiger partial charge in [0, 0.05) is 29.6 Å². The van der Waals surface area contributed by atoms with Gasteiger partial charge in [-0.2, -0.15) is 5.10 Å². The zero-order valence-electron chi connectivity index (χ0n) is 15.5. The Morgan fingerprint density at radius 1 is 1.36 bits per heavy atom. The van der Waals surface area contributed by atoms with E-state index in [2.05, 4.69) is 22.5 Å². The molecule has 0 radical (unpaired) electrons. The quantitative estimate of drug-likeness (QED) is 0.642. The van der Waals surface area contributed by atoms with Crippen molar-refractivity contribution < 1.29 is 4.79 Å². The SMILES string of the molecule is NCC(CCc1ccccc1)NC(=O)c1cc2c(s1)CCCn1ncc(Cl)c1-2. The van der Waals surface area contributed by atoms with Crippen LogP contribution in [0.3, 0.4) is 0 Å². The minimum Gasteiger partial charge on any atom is -0.347 e. The van der Waals surface area contributed by atoms with Crippen molar-refractivity contribution in [3.63, 3.8) is 0 Å². The second-order valence-electron chi connectivity index (χ2n) is 7.05. The number of hydrogen-bond acceptors (Lipinski definition) is 4. The topological polar surface area (TPSA) is 72.9 Å². The van der Waals surface area contributed by atoms with Crippen molar-refractivity contribution in [2.45, 2.75) is 38.3 Å². The Labute approximate surface area is 173 Å². The van der Waals surface area contributed by atoms with Crippen LogP contribution >= 0.6 is 22.9 Å². The minimum atomic E-state index is -0.0660. The van der Waals surface area contributed by atoms with Gasteiger partial charge in [-0.25, -0.2) is 0 Å². The molecule has 7 heteroatoms. The van der Waals surface area contributed by atoms with Crippen molar-refractivity contribution in [3.8, 4) is 11.3 Å². The number of nitrogens with two attached hydrogens (primary N) is 1. The summed E-state index contributed by atoms with van der Waals surface area (Å²) >= 11 is 7.90. The highest BCUT2D eigenvalue weighted by Gasteiger charge is 2.24. The van der Waals surface area contributed by atoms with Crippen molar-refractivity contribution in [3.05, 3.63) is 62.9 Å². The van der Waals surface area contributed by atoms with Gasteiger partial charge in [-0.3, -0.25) is 9.48 Å². The first-order chi connectivity index (χ1) is 13.7. The highest BCUT2D eigenvalue weighted by atomic mass is 35.5. The molecule has 1 amide bonds. The number of aryl methyl sites for hydroxylation is 3. The molecule has 0 saturated heterocycles. The van der Waals surface area contributed by atoms with Gasteiger partial charge in [-0.15, -0.1) is 11.3 Å². The Morgan fingerprint density at radius 3 is 2.96 bits per heavy atom. The molecule has 1 aromatic carbocycles. The average molecular weight is 415 g/mol. The fourth-order valence-corrected chi connectivity index (χ4v) is 4.96. The first-order valence-electron chi connectivity index (χ1n) is 9.55. The second kappa shape index (κ2) is 8.47. The molecule has 1 unspecified atom stereocenters. The van der Waals surface area contributed by atoms with Crippen LogP contribution in [0.4, 0.5) is 0 Å². The van der Waals surface area contributed by atoms with Gasteiger partial charge in [0.25, 0.3) is 5.91 Å². The largest absolute Gasteiger partial charge is 0.347 e. The van der Waals surface area contributed by atoms with Gasteiger partial charge in [-0.1, -0.05) is 41.9 Å². The van der Waals surface area contributed by atoms with Crippen LogP contribution < -0.4 is 11.1 Å². The molecule has 2 aromatic heterocycles. The molecule has 3 aromatic rings. The van der Waals surface area contributed by atoms with E-state index in [0.29, 0.717) is 16.4 Å². The zero-order valence-corrected chi connectivity index (χ0v) is 17.1. The number of rotatable bonds is 6. The van der Waals surface area contributed by atoms with Crippen molar-refractivity contribution in [1.82, 2.24) is 15.1 Å². The predicted octanol–water partition coefficient (Wildman–Crippen LogP) is 3.90. The number of fused-ring (bicyclic) bond motifs is 3. The second-order valence-corrected chi connectivity index (χ2v) is 8.59. The number of carbonyl (C=O) groups excluding carboxylic acids is 1. The van der Waals surface area contributed by atoms with E-state index in [1.54, 1.807) is 17.5 Å². The number of thiophene rings is 1. The van der Waals surface area contributed by atoms with Crippen LogP contribution in [0.25, 0.3) is 11.3 Å². The third-order valence-electron chi connectivity index (χ3n) is 5.10. The molecule has 0 bridgehead atoms. The molecule has 28 heavy (non-hydrogen) atoms. The normalized spacial score (nSPS) is 14.1. The molecule has 5 nitrogen and oxygen atoms in total. The number of hydrogen-bond donors (Lipinski definition) is 2.